The molecule has 0 aliphatic heterocycles. The number of benzene rings is 8. The highest BCUT2D eigenvalue weighted by molar-refractivity contribution is 6.25. The topological polar surface area (TPSA) is 9.86 Å². The van der Waals surface area contributed by atoms with E-state index >= 15 is 0 Å². The summed E-state index contributed by atoms with van der Waals surface area (Å²) < 4.78 is 5.07. The maximum Gasteiger partial charge on any atom is 0.0562 e. The molecule has 8 aromatic carbocycles. The molecule has 0 radical (unpaired) electrons. The predicted octanol–water partition coefficient (Wildman–Crippen LogP) is 14.7. The van der Waals surface area contributed by atoms with E-state index in [0.29, 0.717) is 0 Å². The van der Waals surface area contributed by atoms with Gasteiger partial charge in [-0.1, -0.05) is 143 Å². The highest BCUT2D eigenvalue weighted by atomic mass is 15.0. The fourth-order valence-electron chi connectivity index (χ4n) is 9.86. The predicted molar refractivity (Wildman–Crippen MR) is 239 cm³/mol. The molecular weight excluding hydrogens is 677 g/mol. The Morgan fingerprint density at radius 1 is 0.393 bits per heavy atom. The molecule has 0 atom stereocenters. The first-order chi connectivity index (χ1) is 27.3. The van der Waals surface area contributed by atoms with E-state index in [1.807, 2.05) is 0 Å². The van der Waals surface area contributed by atoms with E-state index in [0.717, 1.165) is 0 Å². The van der Waals surface area contributed by atoms with Gasteiger partial charge in [-0.25, -0.2) is 0 Å². The smallest absolute Gasteiger partial charge is 0.0562 e. The summed E-state index contributed by atoms with van der Waals surface area (Å²) in [5.41, 5.74) is 15.3. The van der Waals surface area contributed by atoms with Gasteiger partial charge in [0.05, 0.1) is 27.8 Å². The summed E-state index contributed by atoms with van der Waals surface area (Å²) >= 11 is 0. The molecule has 1 aliphatic rings. The minimum atomic E-state index is 0.104. The zero-order chi connectivity index (χ0) is 37.8. The number of nitrogens with zero attached hydrogens (tertiary/aromatic N) is 2. The van der Waals surface area contributed by atoms with Gasteiger partial charge in [-0.05, 0) is 117 Å². The van der Waals surface area contributed by atoms with Crippen LogP contribution in [0.25, 0.3) is 88.0 Å². The van der Waals surface area contributed by atoms with Crippen molar-refractivity contribution >= 4 is 54.4 Å². The van der Waals surface area contributed by atoms with Crippen LogP contribution in [0.4, 0.5) is 0 Å². The van der Waals surface area contributed by atoms with Crippen molar-refractivity contribution in [3.8, 4) is 33.6 Å². The quantitative estimate of drug-likeness (QED) is 0.171. The van der Waals surface area contributed by atoms with Gasteiger partial charge >= 0.3 is 0 Å². The van der Waals surface area contributed by atoms with Crippen molar-refractivity contribution in [2.75, 3.05) is 0 Å². The standard InChI is InChI=1S/C54H44N2/c1-53(2)28-29-54(3,4)46-33-49-43(32-45(46)53)42-31-44-51(34-50(42)55(49)39-21-12-7-13-22-39)56(48-27-24-37-20-14-15-23-40(37)52(44)48)47-26-25-38(35-16-8-5-9-17-35)30-41(47)36-18-10-6-11-19-36/h5-27,30-34H,28-29H2,1-4H3. The zero-order valence-electron chi connectivity index (χ0n) is 32.5. The summed E-state index contributed by atoms with van der Waals surface area (Å²) in [6, 6.07) is 63.3. The first kappa shape index (κ1) is 33.0. The van der Waals surface area contributed by atoms with Gasteiger partial charge in [0, 0.05) is 32.8 Å². The second-order valence-electron chi connectivity index (χ2n) is 17.2. The average Bonchev–Trinajstić information content (AvgIpc) is 3.73. The van der Waals surface area contributed by atoms with Gasteiger partial charge in [0.15, 0.2) is 0 Å². The van der Waals surface area contributed by atoms with Crippen LogP contribution in [0, 0.1) is 0 Å². The molecule has 2 aromatic heterocycles. The van der Waals surface area contributed by atoms with Crippen molar-refractivity contribution in [3.05, 3.63) is 181 Å². The van der Waals surface area contributed by atoms with E-state index in [9.17, 15) is 0 Å². The van der Waals surface area contributed by atoms with Crippen LogP contribution in [-0.4, -0.2) is 9.13 Å². The number of hydrogen-bond acceptors (Lipinski definition) is 0. The number of aromatic nitrogens is 2. The fourth-order valence-corrected chi connectivity index (χ4v) is 9.86. The van der Waals surface area contributed by atoms with E-state index in [4.69, 9.17) is 0 Å². The lowest BCUT2D eigenvalue weighted by molar-refractivity contribution is 0.332. The highest BCUT2D eigenvalue weighted by Crippen LogP contribution is 2.50. The Balaban J connectivity index is 1.32. The van der Waals surface area contributed by atoms with Crippen LogP contribution in [0.1, 0.15) is 51.7 Å². The molecule has 0 saturated carbocycles. The van der Waals surface area contributed by atoms with Crippen molar-refractivity contribution in [2.45, 2.75) is 51.4 Å². The molecule has 270 valence electrons. The third-order valence-electron chi connectivity index (χ3n) is 13.0. The Hall–Kier alpha value is -6.38. The molecule has 2 nitrogen and oxygen atoms in total. The average molecular weight is 721 g/mol. The van der Waals surface area contributed by atoms with Crippen LogP contribution in [0.5, 0.6) is 0 Å². The molecule has 0 saturated heterocycles. The first-order valence-electron chi connectivity index (χ1n) is 20.1. The van der Waals surface area contributed by atoms with Gasteiger partial charge in [0.2, 0.25) is 0 Å². The van der Waals surface area contributed by atoms with Crippen LogP contribution in [0.3, 0.4) is 0 Å². The van der Waals surface area contributed by atoms with E-state index in [1.165, 1.54) is 112 Å². The molecule has 10 aromatic rings. The van der Waals surface area contributed by atoms with Gasteiger partial charge in [-0.3, -0.25) is 0 Å². The third-order valence-corrected chi connectivity index (χ3v) is 13.0. The van der Waals surface area contributed by atoms with Crippen molar-refractivity contribution in [2.24, 2.45) is 0 Å². The molecular formula is C54H44N2. The van der Waals surface area contributed by atoms with Crippen molar-refractivity contribution in [3.63, 3.8) is 0 Å². The summed E-state index contributed by atoms with van der Waals surface area (Å²) in [7, 11) is 0. The van der Waals surface area contributed by atoms with E-state index in [2.05, 4.69) is 207 Å². The molecule has 2 heteroatoms. The minimum absolute atomic E-state index is 0.104. The van der Waals surface area contributed by atoms with E-state index < -0.39 is 0 Å². The summed E-state index contributed by atoms with van der Waals surface area (Å²) in [4.78, 5) is 0. The lowest BCUT2D eigenvalue weighted by Crippen LogP contribution is -2.33. The number of rotatable bonds is 4. The highest BCUT2D eigenvalue weighted by Gasteiger charge is 2.38. The maximum absolute atomic E-state index is 2.56. The Kier molecular flexibility index (Phi) is 7.11. The largest absolute Gasteiger partial charge is 0.309 e. The molecule has 56 heavy (non-hydrogen) atoms. The summed E-state index contributed by atoms with van der Waals surface area (Å²) in [5, 5.41) is 7.74. The molecule has 0 N–H and O–H groups in total. The Labute approximate surface area is 328 Å². The van der Waals surface area contributed by atoms with Gasteiger partial charge in [0.25, 0.3) is 0 Å². The first-order valence-corrected chi connectivity index (χ1v) is 20.1. The van der Waals surface area contributed by atoms with Crippen LogP contribution >= 0.6 is 0 Å². The second-order valence-corrected chi connectivity index (χ2v) is 17.2. The number of para-hydroxylation sites is 1. The van der Waals surface area contributed by atoms with Crippen LogP contribution in [0.15, 0.2) is 170 Å². The Bertz CT molecular complexity index is 3160. The second kappa shape index (κ2) is 12.1. The normalized spacial score (nSPS) is 14.9. The van der Waals surface area contributed by atoms with Gasteiger partial charge < -0.3 is 9.13 Å². The van der Waals surface area contributed by atoms with Crippen molar-refractivity contribution in [1.29, 1.82) is 0 Å². The van der Waals surface area contributed by atoms with Gasteiger partial charge in [0.1, 0.15) is 0 Å². The Morgan fingerprint density at radius 3 is 1.71 bits per heavy atom. The molecule has 0 fully saturated rings. The van der Waals surface area contributed by atoms with Gasteiger partial charge in [-0.15, -0.1) is 0 Å². The molecule has 1 aliphatic carbocycles. The summed E-state index contributed by atoms with van der Waals surface area (Å²) in [5.74, 6) is 0. The SMILES string of the molecule is CC1(C)CCC(C)(C)c2cc3c(cc21)c1cc2c4c5ccccc5ccc4n(-c4ccc(-c5ccccc5)cc4-c4ccccc4)c2cc1n3-c1ccccc1. The molecule has 0 bridgehead atoms. The number of hydrogen-bond donors (Lipinski definition) is 0. The minimum Gasteiger partial charge on any atom is -0.309 e. The maximum atomic E-state index is 2.56. The molecule has 0 amide bonds. The summed E-state index contributed by atoms with van der Waals surface area (Å²) in [6.07, 6.45) is 2.37. The fraction of sp³-hybridized carbons (Fsp3) is 0.148. The van der Waals surface area contributed by atoms with E-state index in [-0.39, 0.29) is 10.8 Å². The Morgan fingerprint density at radius 2 is 0.982 bits per heavy atom. The lowest BCUT2D eigenvalue weighted by Gasteiger charge is -2.42. The molecule has 2 heterocycles. The monoisotopic (exact) mass is 720 g/mol. The van der Waals surface area contributed by atoms with Crippen molar-refractivity contribution < 1.29 is 0 Å². The van der Waals surface area contributed by atoms with Crippen LogP contribution < -0.4 is 0 Å². The lowest BCUT2D eigenvalue weighted by atomic mass is 9.63. The number of fused-ring (bicyclic) bond motifs is 9. The van der Waals surface area contributed by atoms with Crippen molar-refractivity contribution in [1.82, 2.24) is 9.13 Å². The molecule has 0 spiro atoms. The third kappa shape index (κ3) is 4.88. The van der Waals surface area contributed by atoms with Crippen LogP contribution in [0.2, 0.25) is 0 Å². The molecule has 11 rings (SSSR count). The molecule has 0 unspecified atom stereocenters. The summed E-state index contributed by atoms with van der Waals surface area (Å²) in [6.45, 7) is 9.75. The zero-order valence-corrected chi connectivity index (χ0v) is 32.5. The van der Waals surface area contributed by atoms with E-state index in [1.54, 1.807) is 0 Å². The van der Waals surface area contributed by atoms with Gasteiger partial charge in [-0.2, -0.15) is 0 Å². The van der Waals surface area contributed by atoms with Crippen LogP contribution in [-0.2, 0) is 10.8 Å².